The minimum absolute atomic E-state index is 0.0678. The molecule has 20 heavy (non-hydrogen) atoms. The Labute approximate surface area is 119 Å². The summed E-state index contributed by atoms with van der Waals surface area (Å²) >= 11 is 4.65. The summed E-state index contributed by atoms with van der Waals surface area (Å²) in [6, 6.07) is 5.61. The summed E-state index contributed by atoms with van der Waals surface area (Å²) < 4.78 is 45.7. The number of aryl methyl sites for hydroxylation is 1. The zero-order valence-electron chi connectivity index (χ0n) is 10.4. The Balaban J connectivity index is 2.41. The van der Waals surface area contributed by atoms with Crippen molar-refractivity contribution in [2.24, 2.45) is 5.73 Å². The molecule has 2 aromatic carbocycles. The van der Waals surface area contributed by atoms with Crippen LogP contribution in [0.15, 0.2) is 30.3 Å². The van der Waals surface area contributed by atoms with Crippen LogP contribution in [0.25, 0.3) is 0 Å². The summed E-state index contributed by atoms with van der Waals surface area (Å²) in [4.78, 5) is -0.118. The molecular formula is C14H10F3NOS. The SMILES string of the molecule is Cc1cc(F)ccc1Oc1c(F)cc(C(N)=S)cc1F. The number of hydrogen-bond donors (Lipinski definition) is 1. The molecule has 0 atom stereocenters. The smallest absolute Gasteiger partial charge is 0.198 e. The number of benzene rings is 2. The third-order valence-electron chi connectivity index (χ3n) is 2.63. The molecule has 0 aliphatic rings. The first kappa shape index (κ1) is 14.3. The summed E-state index contributed by atoms with van der Waals surface area (Å²) in [5.74, 6) is -2.75. The van der Waals surface area contributed by atoms with E-state index in [0.29, 0.717) is 5.56 Å². The molecule has 2 rings (SSSR count). The fourth-order valence-electron chi connectivity index (χ4n) is 1.64. The zero-order chi connectivity index (χ0) is 14.9. The number of ether oxygens (including phenoxy) is 1. The van der Waals surface area contributed by atoms with E-state index in [9.17, 15) is 13.2 Å². The van der Waals surface area contributed by atoms with Gasteiger partial charge in [0, 0.05) is 5.56 Å². The Morgan fingerprint density at radius 3 is 2.20 bits per heavy atom. The molecule has 0 aliphatic carbocycles. The van der Waals surface area contributed by atoms with Crippen LogP contribution in [0.5, 0.6) is 11.5 Å². The highest BCUT2D eigenvalue weighted by molar-refractivity contribution is 7.80. The summed E-state index contributed by atoms with van der Waals surface area (Å²) in [5.41, 5.74) is 5.80. The standard InChI is InChI=1S/C14H10F3NOS/c1-7-4-9(15)2-3-12(7)19-13-10(16)5-8(14(18)20)6-11(13)17/h2-6H,1H3,(H2,18,20). The van der Waals surface area contributed by atoms with Gasteiger partial charge in [-0.05, 0) is 42.8 Å². The first-order chi connectivity index (χ1) is 9.38. The molecule has 0 aliphatic heterocycles. The van der Waals surface area contributed by atoms with Crippen molar-refractivity contribution in [2.45, 2.75) is 6.92 Å². The van der Waals surface area contributed by atoms with Crippen molar-refractivity contribution in [3.63, 3.8) is 0 Å². The Morgan fingerprint density at radius 2 is 1.70 bits per heavy atom. The largest absolute Gasteiger partial charge is 0.451 e. The van der Waals surface area contributed by atoms with E-state index in [1.807, 2.05) is 0 Å². The van der Waals surface area contributed by atoms with Crippen LogP contribution < -0.4 is 10.5 Å². The van der Waals surface area contributed by atoms with Crippen LogP contribution in [0, 0.1) is 24.4 Å². The Kier molecular flexibility index (Phi) is 3.94. The predicted octanol–water partition coefficient (Wildman–Crippen LogP) is 3.84. The topological polar surface area (TPSA) is 35.2 Å². The van der Waals surface area contributed by atoms with Gasteiger partial charge in [-0.25, -0.2) is 13.2 Å². The minimum atomic E-state index is -0.934. The molecule has 2 aromatic rings. The van der Waals surface area contributed by atoms with Crippen molar-refractivity contribution < 1.29 is 17.9 Å². The van der Waals surface area contributed by atoms with E-state index in [1.54, 1.807) is 6.92 Å². The van der Waals surface area contributed by atoms with Gasteiger partial charge in [-0.2, -0.15) is 0 Å². The van der Waals surface area contributed by atoms with Crippen molar-refractivity contribution in [3.8, 4) is 11.5 Å². The molecule has 0 bridgehead atoms. The normalized spacial score (nSPS) is 10.4. The lowest BCUT2D eigenvalue weighted by Gasteiger charge is -2.11. The lowest BCUT2D eigenvalue weighted by molar-refractivity contribution is 0.404. The van der Waals surface area contributed by atoms with Gasteiger partial charge in [0.05, 0.1) is 0 Å². The highest BCUT2D eigenvalue weighted by Crippen LogP contribution is 2.30. The summed E-state index contributed by atoms with van der Waals surface area (Å²) in [6.45, 7) is 1.57. The van der Waals surface area contributed by atoms with Crippen molar-refractivity contribution in [1.82, 2.24) is 0 Å². The van der Waals surface area contributed by atoms with Crippen LogP contribution in [-0.2, 0) is 0 Å². The van der Waals surface area contributed by atoms with Gasteiger partial charge >= 0.3 is 0 Å². The van der Waals surface area contributed by atoms with Crippen LogP contribution in [-0.4, -0.2) is 4.99 Å². The second kappa shape index (κ2) is 5.50. The second-order valence-corrected chi connectivity index (χ2v) is 4.58. The number of hydrogen-bond acceptors (Lipinski definition) is 2. The zero-order valence-corrected chi connectivity index (χ0v) is 11.2. The van der Waals surface area contributed by atoms with E-state index >= 15 is 0 Å². The van der Waals surface area contributed by atoms with Crippen LogP contribution in [0.4, 0.5) is 13.2 Å². The first-order valence-electron chi connectivity index (χ1n) is 5.61. The molecule has 0 saturated carbocycles. The van der Waals surface area contributed by atoms with Gasteiger partial charge in [0.1, 0.15) is 16.6 Å². The average Bonchev–Trinajstić information content (AvgIpc) is 2.35. The number of nitrogens with two attached hydrogens (primary N) is 1. The van der Waals surface area contributed by atoms with Gasteiger partial charge in [0.25, 0.3) is 0 Å². The molecule has 0 unspecified atom stereocenters. The molecule has 0 spiro atoms. The molecule has 6 heteroatoms. The van der Waals surface area contributed by atoms with Gasteiger partial charge in [-0.3, -0.25) is 0 Å². The Bertz CT molecular complexity index is 665. The average molecular weight is 297 g/mol. The lowest BCUT2D eigenvalue weighted by Crippen LogP contribution is -2.10. The third kappa shape index (κ3) is 2.91. The van der Waals surface area contributed by atoms with Crippen LogP contribution >= 0.6 is 12.2 Å². The van der Waals surface area contributed by atoms with E-state index in [1.165, 1.54) is 12.1 Å². The fraction of sp³-hybridized carbons (Fsp3) is 0.0714. The molecule has 2 nitrogen and oxygen atoms in total. The molecule has 0 aromatic heterocycles. The third-order valence-corrected chi connectivity index (χ3v) is 2.87. The van der Waals surface area contributed by atoms with Crippen molar-refractivity contribution >= 4 is 17.2 Å². The number of rotatable bonds is 3. The molecule has 0 amide bonds. The van der Waals surface area contributed by atoms with Gasteiger partial charge in [0.15, 0.2) is 17.4 Å². The number of thiocarbonyl (C=S) groups is 1. The molecule has 104 valence electrons. The minimum Gasteiger partial charge on any atom is -0.451 e. The molecular weight excluding hydrogens is 287 g/mol. The van der Waals surface area contributed by atoms with Gasteiger partial charge in [0.2, 0.25) is 0 Å². The molecule has 0 saturated heterocycles. The van der Waals surface area contributed by atoms with Gasteiger partial charge < -0.3 is 10.5 Å². The van der Waals surface area contributed by atoms with E-state index in [0.717, 1.165) is 18.2 Å². The second-order valence-electron chi connectivity index (χ2n) is 4.15. The van der Waals surface area contributed by atoms with Crippen molar-refractivity contribution in [3.05, 3.63) is 58.9 Å². The Morgan fingerprint density at radius 1 is 1.10 bits per heavy atom. The maximum atomic E-state index is 13.8. The molecule has 0 heterocycles. The summed E-state index contributed by atoms with van der Waals surface area (Å²) in [5, 5.41) is 0. The Hall–Kier alpha value is -2.08. The molecule has 2 N–H and O–H groups in total. The van der Waals surface area contributed by atoms with Crippen LogP contribution in [0.2, 0.25) is 0 Å². The molecule has 0 fully saturated rings. The number of halogens is 3. The van der Waals surface area contributed by atoms with Crippen LogP contribution in [0.1, 0.15) is 11.1 Å². The maximum absolute atomic E-state index is 13.8. The van der Waals surface area contributed by atoms with E-state index in [-0.39, 0.29) is 16.3 Å². The lowest BCUT2D eigenvalue weighted by atomic mass is 10.2. The molecule has 0 radical (unpaired) electrons. The summed E-state index contributed by atoms with van der Waals surface area (Å²) in [6.07, 6.45) is 0. The van der Waals surface area contributed by atoms with Crippen molar-refractivity contribution in [2.75, 3.05) is 0 Å². The van der Waals surface area contributed by atoms with Crippen LogP contribution in [0.3, 0.4) is 0 Å². The fourth-order valence-corrected chi connectivity index (χ4v) is 1.75. The first-order valence-corrected chi connectivity index (χ1v) is 6.02. The summed E-state index contributed by atoms with van der Waals surface area (Å²) in [7, 11) is 0. The van der Waals surface area contributed by atoms with Crippen molar-refractivity contribution in [1.29, 1.82) is 0 Å². The highest BCUT2D eigenvalue weighted by atomic mass is 32.1. The van der Waals surface area contributed by atoms with Gasteiger partial charge in [-0.15, -0.1) is 0 Å². The van der Waals surface area contributed by atoms with Gasteiger partial charge in [-0.1, -0.05) is 12.2 Å². The quantitative estimate of drug-likeness (QED) is 0.874. The van der Waals surface area contributed by atoms with E-state index in [4.69, 9.17) is 10.5 Å². The predicted molar refractivity (Wildman–Crippen MR) is 73.5 cm³/mol. The van der Waals surface area contributed by atoms with E-state index < -0.39 is 23.2 Å². The highest BCUT2D eigenvalue weighted by Gasteiger charge is 2.15. The van der Waals surface area contributed by atoms with E-state index in [2.05, 4.69) is 12.2 Å². The maximum Gasteiger partial charge on any atom is 0.198 e. The monoisotopic (exact) mass is 297 g/mol.